The third-order valence-corrected chi connectivity index (χ3v) is 5.15. The smallest absolute Gasteiger partial charge is 0.357 e. The second-order valence-electron chi connectivity index (χ2n) is 8.67. The Bertz CT molecular complexity index is 1260. The van der Waals surface area contributed by atoms with E-state index in [0.717, 1.165) is 29.0 Å². The van der Waals surface area contributed by atoms with E-state index in [1.165, 1.54) is 18.2 Å². The molecule has 2 aromatic heterocycles. The molecule has 3 N–H and O–H groups in total. The van der Waals surface area contributed by atoms with E-state index in [4.69, 9.17) is 15.6 Å². The molecule has 0 aliphatic heterocycles. The van der Waals surface area contributed by atoms with Crippen LogP contribution in [0.25, 0.3) is 5.78 Å². The van der Waals surface area contributed by atoms with Crippen molar-refractivity contribution in [2.24, 2.45) is 5.73 Å². The molecule has 0 saturated heterocycles. The minimum atomic E-state index is -1.28. The maximum absolute atomic E-state index is 12.1. The van der Waals surface area contributed by atoms with E-state index >= 15 is 0 Å². The zero-order valence-corrected chi connectivity index (χ0v) is 19.5. The summed E-state index contributed by atoms with van der Waals surface area (Å²) in [5, 5.41) is 19.0. The number of carbonyl (C=O) groups excluding carboxylic acids is 2. The number of carbonyl (C=O) groups is 3. The van der Waals surface area contributed by atoms with Crippen LogP contribution < -0.4 is 5.73 Å². The SMILES string of the molecule is COC(=O)c1cc(C(=O)O)nc2nnnn12.Cc1c(C(=O)OC(C)(C)C)ccc2c1CC[C@@H]2N. The third-order valence-electron chi connectivity index (χ3n) is 5.15. The molecule has 1 aliphatic carbocycles. The van der Waals surface area contributed by atoms with Crippen LogP contribution >= 0.6 is 0 Å². The van der Waals surface area contributed by atoms with Crippen molar-refractivity contribution in [1.29, 1.82) is 0 Å². The van der Waals surface area contributed by atoms with E-state index < -0.39 is 17.5 Å². The number of nitrogens with zero attached hydrogens (tertiary/aromatic N) is 5. The molecule has 1 aromatic carbocycles. The lowest BCUT2D eigenvalue weighted by Gasteiger charge is -2.21. The lowest BCUT2D eigenvalue weighted by molar-refractivity contribution is 0.00682. The summed E-state index contributed by atoms with van der Waals surface area (Å²) in [5.74, 6) is -2.36. The molecule has 3 aromatic rings. The van der Waals surface area contributed by atoms with Crippen LogP contribution in [-0.4, -0.2) is 60.8 Å². The van der Waals surface area contributed by atoms with E-state index in [-0.39, 0.29) is 29.2 Å². The number of carboxylic acid groups (broad SMARTS) is 1. The average Bonchev–Trinajstić information content (AvgIpc) is 3.39. The lowest BCUT2D eigenvalue weighted by atomic mass is 9.98. The van der Waals surface area contributed by atoms with E-state index in [1.807, 2.05) is 39.8 Å². The first kappa shape index (κ1) is 24.7. The van der Waals surface area contributed by atoms with Crippen molar-refractivity contribution < 1.29 is 29.0 Å². The molecule has 1 atom stereocenters. The summed E-state index contributed by atoms with van der Waals surface area (Å²) in [6.07, 6.45) is 1.92. The van der Waals surface area contributed by atoms with Crippen molar-refractivity contribution in [3.05, 3.63) is 51.8 Å². The van der Waals surface area contributed by atoms with Crippen LogP contribution in [0.2, 0.25) is 0 Å². The predicted molar refractivity (Wildman–Crippen MR) is 118 cm³/mol. The minimum Gasteiger partial charge on any atom is -0.477 e. The first-order valence-electron chi connectivity index (χ1n) is 10.4. The summed E-state index contributed by atoms with van der Waals surface area (Å²) in [6.45, 7) is 7.62. The molecule has 0 amide bonds. The fraction of sp³-hybridized carbons (Fsp3) is 0.409. The van der Waals surface area contributed by atoms with Gasteiger partial charge in [-0.15, -0.1) is 0 Å². The molecule has 0 unspecified atom stereocenters. The van der Waals surface area contributed by atoms with Crippen molar-refractivity contribution in [2.45, 2.75) is 52.2 Å². The van der Waals surface area contributed by atoms with Gasteiger partial charge in [0.25, 0.3) is 5.78 Å². The fourth-order valence-corrected chi connectivity index (χ4v) is 3.56. The van der Waals surface area contributed by atoms with Gasteiger partial charge in [0, 0.05) is 12.1 Å². The first-order valence-corrected chi connectivity index (χ1v) is 10.4. The minimum absolute atomic E-state index is 0.0831. The summed E-state index contributed by atoms with van der Waals surface area (Å²) in [4.78, 5) is 37.8. The normalized spacial score (nSPS) is 14.7. The van der Waals surface area contributed by atoms with Gasteiger partial charge in [0.1, 0.15) is 5.60 Å². The quantitative estimate of drug-likeness (QED) is 0.535. The van der Waals surface area contributed by atoms with Crippen molar-refractivity contribution in [2.75, 3.05) is 7.11 Å². The largest absolute Gasteiger partial charge is 0.477 e. The molecule has 12 heteroatoms. The van der Waals surface area contributed by atoms with E-state index in [2.05, 4.69) is 25.2 Å². The molecular formula is C22H26N6O6. The molecule has 1 aliphatic rings. The number of esters is 2. The number of hydrogen-bond acceptors (Lipinski definition) is 10. The zero-order chi connectivity index (χ0) is 25.2. The fourth-order valence-electron chi connectivity index (χ4n) is 3.56. The van der Waals surface area contributed by atoms with E-state index in [0.29, 0.717) is 5.56 Å². The maximum Gasteiger partial charge on any atom is 0.357 e. The van der Waals surface area contributed by atoms with Crippen LogP contribution in [0.5, 0.6) is 0 Å². The number of nitrogens with two attached hydrogens (primary N) is 1. The summed E-state index contributed by atoms with van der Waals surface area (Å²) in [5.41, 5.74) is 9.23. The van der Waals surface area contributed by atoms with Crippen molar-refractivity contribution in [3.8, 4) is 0 Å². The van der Waals surface area contributed by atoms with Gasteiger partial charge in [0.15, 0.2) is 11.4 Å². The predicted octanol–water partition coefficient (Wildman–Crippen LogP) is 1.90. The molecule has 0 spiro atoms. The number of aromatic nitrogens is 5. The summed E-state index contributed by atoms with van der Waals surface area (Å²) in [6, 6.07) is 4.97. The van der Waals surface area contributed by atoms with Crippen LogP contribution in [0, 0.1) is 6.92 Å². The molecule has 34 heavy (non-hydrogen) atoms. The number of rotatable bonds is 3. The van der Waals surface area contributed by atoms with Gasteiger partial charge in [-0.2, -0.15) is 4.52 Å². The van der Waals surface area contributed by atoms with Gasteiger partial charge in [0.2, 0.25) is 0 Å². The number of benzene rings is 1. The van der Waals surface area contributed by atoms with Gasteiger partial charge in [0.05, 0.1) is 12.7 Å². The highest BCUT2D eigenvalue weighted by Gasteiger charge is 2.26. The Morgan fingerprint density at radius 2 is 1.91 bits per heavy atom. The second-order valence-corrected chi connectivity index (χ2v) is 8.67. The second kappa shape index (κ2) is 9.51. The molecule has 0 bridgehead atoms. The number of ether oxygens (including phenoxy) is 2. The molecule has 2 heterocycles. The molecule has 0 fully saturated rings. The molecule has 0 radical (unpaired) electrons. The number of aromatic carboxylic acids is 1. The molecule has 4 rings (SSSR count). The maximum atomic E-state index is 12.1. The monoisotopic (exact) mass is 470 g/mol. The molecule has 0 saturated carbocycles. The van der Waals surface area contributed by atoms with Crippen molar-refractivity contribution in [1.82, 2.24) is 25.0 Å². The highest BCUT2D eigenvalue weighted by Crippen LogP contribution is 2.33. The van der Waals surface area contributed by atoms with Gasteiger partial charge in [-0.25, -0.2) is 19.4 Å². The Hall–Kier alpha value is -3.93. The van der Waals surface area contributed by atoms with Gasteiger partial charge >= 0.3 is 17.9 Å². The van der Waals surface area contributed by atoms with Crippen molar-refractivity contribution in [3.63, 3.8) is 0 Å². The number of hydrogen-bond donors (Lipinski definition) is 2. The molecule has 12 nitrogen and oxygen atoms in total. The van der Waals surface area contributed by atoms with Gasteiger partial charge < -0.3 is 20.3 Å². The third kappa shape index (κ3) is 5.17. The topological polar surface area (TPSA) is 172 Å². The van der Waals surface area contributed by atoms with Gasteiger partial charge in [-0.1, -0.05) is 11.2 Å². The van der Waals surface area contributed by atoms with E-state index in [1.54, 1.807) is 0 Å². The summed E-state index contributed by atoms with van der Waals surface area (Å²) in [7, 11) is 1.17. The zero-order valence-electron chi connectivity index (χ0n) is 19.5. The number of methoxy groups -OCH3 is 1. The number of tetrazole rings is 1. The Balaban J connectivity index is 0.000000192. The Morgan fingerprint density at radius 1 is 1.21 bits per heavy atom. The Kier molecular flexibility index (Phi) is 6.91. The van der Waals surface area contributed by atoms with Crippen LogP contribution in [0.15, 0.2) is 18.2 Å². The lowest BCUT2D eigenvalue weighted by Crippen LogP contribution is -2.24. The van der Waals surface area contributed by atoms with Crippen LogP contribution in [-0.2, 0) is 15.9 Å². The average molecular weight is 470 g/mol. The van der Waals surface area contributed by atoms with Crippen LogP contribution in [0.3, 0.4) is 0 Å². The first-order chi connectivity index (χ1) is 15.9. The molecular weight excluding hydrogens is 444 g/mol. The molecule has 180 valence electrons. The Morgan fingerprint density at radius 3 is 2.53 bits per heavy atom. The standard InChI is InChI=1S/C15H21NO2.C7H5N5O4/c1-9-10-7-8-13(16)12(10)6-5-11(9)14(17)18-15(2,3)4;1-16-6(15)4-2-3(5(13)14)8-7-9-10-11-12(4)7/h5-6,13H,7-8,16H2,1-4H3;2H,1H3,(H,13,14)/t13-;/m0./s1. The van der Waals surface area contributed by atoms with Gasteiger partial charge in [-0.3, -0.25) is 0 Å². The Labute approximate surface area is 195 Å². The number of carboxylic acids is 1. The van der Waals surface area contributed by atoms with Crippen LogP contribution in [0.4, 0.5) is 0 Å². The number of fused-ring (bicyclic) bond motifs is 2. The van der Waals surface area contributed by atoms with Crippen molar-refractivity contribution >= 4 is 23.7 Å². The highest BCUT2D eigenvalue weighted by molar-refractivity contribution is 5.93. The summed E-state index contributed by atoms with van der Waals surface area (Å²) < 4.78 is 10.9. The van der Waals surface area contributed by atoms with E-state index in [9.17, 15) is 14.4 Å². The highest BCUT2D eigenvalue weighted by atomic mass is 16.6. The summed E-state index contributed by atoms with van der Waals surface area (Å²) >= 11 is 0. The van der Waals surface area contributed by atoms with Gasteiger partial charge in [-0.05, 0) is 73.7 Å². The van der Waals surface area contributed by atoms with Crippen LogP contribution in [0.1, 0.15) is 81.3 Å².